The van der Waals surface area contributed by atoms with Gasteiger partial charge in [0.15, 0.2) is 0 Å². The van der Waals surface area contributed by atoms with E-state index in [4.69, 9.17) is 5.11 Å². The van der Waals surface area contributed by atoms with E-state index in [1.54, 1.807) is 34.6 Å². The molecule has 0 rings (SSSR count). The monoisotopic (exact) mass is 324 g/mol. The molecule has 0 fully saturated rings. The molecule has 0 atom stereocenters. The molecule has 0 aliphatic carbocycles. The van der Waals surface area contributed by atoms with Gasteiger partial charge in [0, 0.05) is 26.9 Å². The average Bonchev–Trinajstić information content (AvgIpc) is 2.28. The van der Waals surface area contributed by atoms with Crippen molar-refractivity contribution in [2.75, 3.05) is 19.8 Å². The molecule has 0 aliphatic heterocycles. The fourth-order valence-electron chi connectivity index (χ4n) is 0.610. The SMILES string of the molecule is CC(C)O.CCOC(C)=O.CCOC(C)=O.CCOC(C)=O. The van der Waals surface area contributed by atoms with Gasteiger partial charge in [0.1, 0.15) is 0 Å². The van der Waals surface area contributed by atoms with Gasteiger partial charge in [0.2, 0.25) is 0 Å². The fourth-order valence-corrected chi connectivity index (χ4v) is 0.610. The zero-order chi connectivity index (χ0) is 18.6. The van der Waals surface area contributed by atoms with E-state index >= 15 is 0 Å². The van der Waals surface area contributed by atoms with Crippen LogP contribution in [-0.4, -0.2) is 48.9 Å². The van der Waals surface area contributed by atoms with E-state index in [1.807, 2.05) is 0 Å². The van der Waals surface area contributed by atoms with Crippen molar-refractivity contribution in [2.24, 2.45) is 0 Å². The summed E-state index contributed by atoms with van der Waals surface area (Å²) in [5.41, 5.74) is 0. The second-order valence-electron chi connectivity index (χ2n) is 3.87. The van der Waals surface area contributed by atoms with Crippen molar-refractivity contribution < 1.29 is 33.7 Å². The van der Waals surface area contributed by atoms with Gasteiger partial charge in [0.05, 0.1) is 19.8 Å². The highest BCUT2D eigenvalue weighted by molar-refractivity contribution is 5.66. The lowest BCUT2D eigenvalue weighted by Crippen LogP contribution is -1.95. The number of hydrogen-bond acceptors (Lipinski definition) is 7. The van der Waals surface area contributed by atoms with Crippen LogP contribution < -0.4 is 0 Å². The van der Waals surface area contributed by atoms with Crippen molar-refractivity contribution in [3.8, 4) is 0 Å². The Hall–Kier alpha value is -1.63. The van der Waals surface area contributed by atoms with Crippen molar-refractivity contribution in [1.29, 1.82) is 0 Å². The van der Waals surface area contributed by atoms with Crippen molar-refractivity contribution in [2.45, 2.75) is 61.5 Å². The van der Waals surface area contributed by atoms with Crippen LogP contribution in [0.2, 0.25) is 0 Å². The Morgan fingerprint density at radius 2 is 0.864 bits per heavy atom. The van der Waals surface area contributed by atoms with Gasteiger partial charge in [-0.25, -0.2) is 0 Å². The lowest BCUT2D eigenvalue weighted by atomic mass is 10.5. The number of ether oxygens (including phenoxy) is 3. The summed E-state index contributed by atoms with van der Waals surface area (Å²) in [5.74, 6) is -0.632. The molecular formula is C15H32O7. The van der Waals surface area contributed by atoms with E-state index in [1.165, 1.54) is 20.8 Å². The zero-order valence-electron chi connectivity index (χ0n) is 15.1. The van der Waals surface area contributed by atoms with Crippen molar-refractivity contribution in [3.63, 3.8) is 0 Å². The number of aliphatic hydroxyl groups excluding tert-OH is 1. The fraction of sp³-hybridized carbons (Fsp3) is 0.800. The van der Waals surface area contributed by atoms with Crippen LogP contribution in [0, 0.1) is 0 Å². The standard InChI is InChI=1S/3C4H8O2.C3H8O/c3*1-3-6-4(2)5;1-3(2)4/h3*3H2,1-2H3;3-4H,1-2H3. The third kappa shape index (κ3) is 102. The molecule has 0 aromatic rings. The van der Waals surface area contributed by atoms with Gasteiger partial charge in [-0.1, -0.05) is 0 Å². The molecule has 134 valence electrons. The van der Waals surface area contributed by atoms with Gasteiger partial charge in [-0.2, -0.15) is 0 Å². The lowest BCUT2D eigenvalue weighted by Gasteiger charge is -1.89. The number of esters is 3. The maximum atomic E-state index is 9.82. The summed E-state index contributed by atoms with van der Waals surface area (Å²) < 4.78 is 13.2. The average molecular weight is 324 g/mol. The number of carbonyl (C=O) groups is 3. The van der Waals surface area contributed by atoms with E-state index in [0.717, 1.165) is 0 Å². The van der Waals surface area contributed by atoms with Gasteiger partial charge < -0.3 is 19.3 Å². The Kier molecular flexibility index (Phi) is 31.6. The van der Waals surface area contributed by atoms with E-state index in [0.29, 0.717) is 19.8 Å². The Labute approximate surface area is 133 Å². The maximum absolute atomic E-state index is 9.82. The molecule has 0 aliphatic rings. The molecule has 0 saturated carbocycles. The molecule has 0 radical (unpaired) electrons. The van der Waals surface area contributed by atoms with E-state index in [9.17, 15) is 14.4 Å². The van der Waals surface area contributed by atoms with Gasteiger partial charge in [-0.3, -0.25) is 14.4 Å². The Morgan fingerprint density at radius 3 is 0.864 bits per heavy atom. The van der Waals surface area contributed by atoms with E-state index in [-0.39, 0.29) is 24.0 Å². The largest absolute Gasteiger partial charge is 0.466 e. The maximum Gasteiger partial charge on any atom is 0.302 e. The van der Waals surface area contributed by atoms with Crippen LogP contribution in [0.1, 0.15) is 55.4 Å². The van der Waals surface area contributed by atoms with Gasteiger partial charge in [0.25, 0.3) is 0 Å². The zero-order valence-corrected chi connectivity index (χ0v) is 15.1. The highest BCUT2D eigenvalue weighted by atomic mass is 16.5. The Morgan fingerprint density at radius 1 is 0.727 bits per heavy atom. The third-order valence-corrected chi connectivity index (χ3v) is 1.04. The quantitative estimate of drug-likeness (QED) is 0.627. The number of rotatable bonds is 3. The summed E-state index contributed by atoms with van der Waals surface area (Å²) >= 11 is 0. The molecule has 0 bridgehead atoms. The second kappa shape index (κ2) is 24.4. The van der Waals surface area contributed by atoms with Crippen molar-refractivity contribution in [1.82, 2.24) is 0 Å². The smallest absolute Gasteiger partial charge is 0.302 e. The van der Waals surface area contributed by atoms with Crippen LogP contribution in [-0.2, 0) is 28.6 Å². The predicted octanol–water partition coefficient (Wildman–Crippen LogP) is 2.10. The molecule has 1 N–H and O–H groups in total. The molecule has 7 heteroatoms. The number of aliphatic hydroxyl groups is 1. The minimum absolute atomic E-state index is 0.167. The summed E-state index contributed by atoms with van der Waals surface area (Å²) in [6.07, 6.45) is -0.167. The summed E-state index contributed by atoms with van der Waals surface area (Å²) in [4.78, 5) is 29.5. The molecule has 0 amide bonds. The Bertz CT molecular complexity index is 222. The topological polar surface area (TPSA) is 99.1 Å². The second-order valence-corrected chi connectivity index (χ2v) is 3.87. The summed E-state index contributed by atoms with van der Waals surface area (Å²) in [7, 11) is 0. The predicted molar refractivity (Wildman–Crippen MR) is 84.3 cm³/mol. The van der Waals surface area contributed by atoms with Gasteiger partial charge in [-0.15, -0.1) is 0 Å². The normalized spacial score (nSPS) is 7.91. The molecule has 0 spiro atoms. The van der Waals surface area contributed by atoms with Crippen LogP contribution in [0.3, 0.4) is 0 Å². The summed E-state index contributed by atoms with van der Waals surface area (Å²) in [5, 5.41) is 8.06. The summed E-state index contributed by atoms with van der Waals surface area (Å²) in [6.45, 7) is 14.4. The number of hydrogen-bond donors (Lipinski definition) is 1. The first kappa shape index (κ1) is 28.5. The van der Waals surface area contributed by atoms with Crippen LogP contribution in [0.4, 0.5) is 0 Å². The van der Waals surface area contributed by atoms with E-state index in [2.05, 4.69) is 14.2 Å². The molecule has 22 heavy (non-hydrogen) atoms. The van der Waals surface area contributed by atoms with Crippen molar-refractivity contribution >= 4 is 17.9 Å². The molecule has 0 aromatic heterocycles. The lowest BCUT2D eigenvalue weighted by molar-refractivity contribution is -0.141. The molecule has 0 unspecified atom stereocenters. The molecule has 7 nitrogen and oxygen atoms in total. The van der Waals surface area contributed by atoms with Crippen LogP contribution in [0.25, 0.3) is 0 Å². The van der Waals surface area contributed by atoms with Crippen LogP contribution in [0.15, 0.2) is 0 Å². The third-order valence-electron chi connectivity index (χ3n) is 1.04. The van der Waals surface area contributed by atoms with E-state index < -0.39 is 0 Å². The highest BCUT2D eigenvalue weighted by Crippen LogP contribution is 1.70. The first-order chi connectivity index (χ1) is 10.0. The van der Waals surface area contributed by atoms with Gasteiger partial charge in [-0.05, 0) is 34.6 Å². The molecule has 0 heterocycles. The molecule has 0 saturated heterocycles. The first-order valence-electron chi connectivity index (χ1n) is 7.12. The minimum Gasteiger partial charge on any atom is -0.466 e. The first-order valence-corrected chi connectivity index (χ1v) is 7.12. The Balaban J connectivity index is -0.0000000994. The van der Waals surface area contributed by atoms with Crippen LogP contribution in [0.5, 0.6) is 0 Å². The summed E-state index contributed by atoms with van der Waals surface area (Å²) in [6, 6.07) is 0. The highest BCUT2D eigenvalue weighted by Gasteiger charge is 1.82. The van der Waals surface area contributed by atoms with Crippen LogP contribution >= 0.6 is 0 Å². The van der Waals surface area contributed by atoms with Crippen molar-refractivity contribution in [3.05, 3.63) is 0 Å². The minimum atomic E-state index is -0.211. The number of carbonyl (C=O) groups excluding carboxylic acids is 3. The van der Waals surface area contributed by atoms with Gasteiger partial charge >= 0.3 is 17.9 Å². The molecular weight excluding hydrogens is 292 g/mol. The molecule has 0 aromatic carbocycles.